The number of hydrogen-bond donors (Lipinski definition) is 0. The molecule has 1 amide bonds. The summed E-state index contributed by atoms with van der Waals surface area (Å²) in [5.41, 5.74) is 0.494. The van der Waals surface area contributed by atoms with Crippen LogP contribution in [0.4, 0.5) is 8.78 Å². The zero-order valence-electron chi connectivity index (χ0n) is 9.83. The normalized spacial score (nSPS) is 19.3. The van der Waals surface area contributed by atoms with Crippen LogP contribution in [0.25, 0.3) is 0 Å². The molecule has 0 aliphatic carbocycles. The second kappa shape index (κ2) is 5.65. The highest BCUT2D eigenvalue weighted by molar-refractivity contribution is 6.18. The van der Waals surface area contributed by atoms with E-state index in [9.17, 15) is 13.6 Å². The van der Waals surface area contributed by atoms with E-state index < -0.39 is 11.6 Å². The van der Waals surface area contributed by atoms with Gasteiger partial charge in [-0.1, -0.05) is 6.07 Å². The molecule has 98 valence electrons. The zero-order chi connectivity index (χ0) is 13.1. The third-order valence-corrected chi connectivity index (χ3v) is 3.63. The molecule has 1 atom stereocenters. The van der Waals surface area contributed by atoms with Gasteiger partial charge in [-0.25, -0.2) is 8.78 Å². The van der Waals surface area contributed by atoms with Crippen LogP contribution in [0, 0.1) is 17.6 Å². The predicted molar refractivity (Wildman–Crippen MR) is 65.5 cm³/mol. The van der Waals surface area contributed by atoms with Crippen molar-refractivity contribution in [3.05, 3.63) is 35.4 Å². The summed E-state index contributed by atoms with van der Waals surface area (Å²) < 4.78 is 25.8. The lowest BCUT2D eigenvalue weighted by Crippen LogP contribution is -2.30. The first-order valence-corrected chi connectivity index (χ1v) is 6.41. The van der Waals surface area contributed by atoms with Crippen LogP contribution in [0.2, 0.25) is 0 Å². The minimum Gasteiger partial charge on any atom is -0.342 e. The highest BCUT2D eigenvalue weighted by atomic mass is 35.5. The van der Waals surface area contributed by atoms with Crippen LogP contribution in [0.15, 0.2) is 18.2 Å². The van der Waals surface area contributed by atoms with Gasteiger partial charge in [0.2, 0.25) is 5.91 Å². The molecule has 1 aliphatic heterocycles. The summed E-state index contributed by atoms with van der Waals surface area (Å²) in [4.78, 5) is 13.7. The van der Waals surface area contributed by atoms with Gasteiger partial charge in [-0.15, -0.1) is 11.6 Å². The zero-order valence-corrected chi connectivity index (χ0v) is 10.6. The van der Waals surface area contributed by atoms with Gasteiger partial charge in [0.25, 0.3) is 0 Å². The Labute approximate surface area is 110 Å². The van der Waals surface area contributed by atoms with E-state index in [1.165, 1.54) is 6.07 Å². The van der Waals surface area contributed by atoms with Crippen molar-refractivity contribution in [3.63, 3.8) is 0 Å². The van der Waals surface area contributed by atoms with Crippen LogP contribution in [-0.2, 0) is 11.2 Å². The van der Waals surface area contributed by atoms with Crippen molar-refractivity contribution < 1.29 is 13.6 Å². The van der Waals surface area contributed by atoms with Crippen LogP contribution in [0.5, 0.6) is 0 Å². The Bertz CT molecular complexity index is 453. The molecule has 0 bridgehead atoms. The number of amides is 1. The number of rotatable bonds is 3. The molecule has 0 N–H and O–H groups in total. The molecule has 5 heteroatoms. The van der Waals surface area contributed by atoms with Crippen molar-refractivity contribution in [2.45, 2.75) is 12.8 Å². The van der Waals surface area contributed by atoms with E-state index in [0.717, 1.165) is 18.6 Å². The standard InChI is InChI=1S/C13H14ClF2NO/c14-7-10-3-4-17(8-10)13(18)6-9-1-2-11(15)12(16)5-9/h1-2,5,10H,3-4,6-8H2. The molecule has 1 aromatic carbocycles. The molecule has 0 radical (unpaired) electrons. The summed E-state index contributed by atoms with van der Waals surface area (Å²) in [6.07, 6.45) is 1.01. The van der Waals surface area contributed by atoms with E-state index in [4.69, 9.17) is 11.6 Å². The molecular formula is C13H14ClF2NO. The predicted octanol–water partition coefficient (Wildman–Crippen LogP) is 2.59. The number of alkyl halides is 1. The Hall–Kier alpha value is -1.16. The topological polar surface area (TPSA) is 20.3 Å². The lowest BCUT2D eigenvalue weighted by molar-refractivity contribution is -0.129. The van der Waals surface area contributed by atoms with Crippen molar-refractivity contribution >= 4 is 17.5 Å². The summed E-state index contributed by atoms with van der Waals surface area (Å²) in [5, 5.41) is 0. The van der Waals surface area contributed by atoms with Crippen LogP contribution < -0.4 is 0 Å². The van der Waals surface area contributed by atoms with Gasteiger partial charge >= 0.3 is 0 Å². The fourth-order valence-electron chi connectivity index (χ4n) is 2.12. The monoisotopic (exact) mass is 273 g/mol. The number of hydrogen-bond acceptors (Lipinski definition) is 1. The Morgan fingerprint density at radius 1 is 1.39 bits per heavy atom. The molecule has 1 fully saturated rings. The van der Waals surface area contributed by atoms with Crippen LogP contribution in [0.1, 0.15) is 12.0 Å². The fourth-order valence-corrected chi connectivity index (χ4v) is 2.37. The number of likely N-dealkylation sites (tertiary alicyclic amines) is 1. The van der Waals surface area contributed by atoms with E-state index in [1.807, 2.05) is 0 Å². The van der Waals surface area contributed by atoms with Gasteiger partial charge in [-0.05, 0) is 30.0 Å². The minimum absolute atomic E-state index is 0.0615. The van der Waals surface area contributed by atoms with Gasteiger partial charge in [0.15, 0.2) is 11.6 Å². The molecule has 2 nitrogen and oxygen atoms in total. The molecule has 0 aromatic heterocycles. The van der Waals surface area contributed by atoms with Crippen molar-refractivity contribution in [2.24, 2.45) is 5.92 Å². The van der Waals surface area contributed by atoms with Gasteiger partial charge in [0, 0.05) is 19.0 Å². The van der Waals surface area contributed by atoms with Gasteiger partial charge in [-0.2, -0.15) is 0 Å². The SMILES string of the molecule is O=C(Cc1ccc(F)c(F)c1)N1CCC(CCl)C1. The summed E-state index contributed by atoms with van der Waals surface area (Å²) in [6.45, 7) is 1.35. The molecular weight excluding hydrogens is 260 g/mol. The molecule has 1 aliphatic rings. The molecule has 1 heterocycles. The molecule has 1 saturated heterocycles. The quantitative estimate of drug-likeness (QED) is 0.775. The Kier molecular flexibility index (Phi) is 4.17. The van der Waals surface area contributed by atoms with Crippen molar-refractivity contribution in [1.29, 1.82) is 0 Å². The van der Waals surface area contributed by atoms with E-state index in [2.05, 4.69) is 0 Å². The lowest BCUT2D eigenvalue weighted by Gasteiger charge is -2.16. The highest BCUT2D eigenvalue weighted by Crippen LogP contribution is 2.19. The Balaban J connectivity index is 1.97. The van der Waals surface area contributed by atoms with Crippen molar-refractivity contribution in [2.75, 3.05) is 19.0 Å². The smallest absolute Gasteiger partial charge is 0.227 e. The van der Waals surface area contributed by atoms with E-state index in [-0.39, 0.29) is 12.3 Å². The minimum atomic E-state index is -0.916. The summed E-state index contributed by atoms with van der Waals surface area (Å²) in [5.74, 6) is -0.973. The number of halogens is 3. The van der Waals surface area contributed by atoms with E-state index in [0.29, 0.717) is 30.5 Å². The molecule has 1 aromatic rings. The maximum absolute atomic E-state index is 13.0. The largest absolute Gasteiger partial charge is 0.342 e. The van der Waals surface area contributed by atoms with Crippen LogP contribution in [0.3, 0.4) is 0 Å². The molecule has 18 heavy (non-hydrogen) atoms. The van der Waals surface area contributed by atoms with E-state index in [1.54, 1.807) is 4.90 Å². The number of nitrogens with zero attached hydrogens (tertiary/aromatic N) is 1. The summed E-state index contributed by atoms with van der Waals surface area (Å²) in [6, 6.07) is 3.55. The lowest BCUT2D eigenvalue weighted by atomic mass is 10.1. The van der Waals surface area contributed by atoms with Crippen molar-refractivity contribution in [3.8, 4) is 0 Å². The first-order chi connectivity index (χ1) is 8.60. The molecule has 0 spiro atoms. The van der Waals surface area contributed by atoms with Gasteiger partial charge < -0.3 is 4.90 Å². The second-order valence-corrected chi connectivity index (χ2v) is 4.88. The molecule has 1 unspecified atom stereocenters. The third-order valence-electron chi connectivity index (χ3n) is 3.20. The van der Waals surface area contributed by atoms with Gasteiger partial charge in [-0.3, -0.25) is 4.79 Å². The number of benzene rings is 1. The fraction of sp³-hybridized carbons (Fsp3) is 0.462. The Morgan fingerprint density at radius 2 is 2.17 bits per heavy atom. The maximum Gasteiger partial charge on any atom is 0.227 e. The van der Waals surface area contributed by atoms with Gasteiger partial charge in [0.1, 0.15) is 0 Å². The average molecular weight is 274 g/mol. The third kappa shape index (κ3) is 2.99. The Morgan fingerprint density at radius 3 is 2.78 bits per heavy atom. The highest BCUT2D eigenvalue weighted by Gasteiger charge is 2.25. The maximum atomic E-state index is 13.0. The number of carbonyl (C=O) groups is 1. The van der Waals surface area contributed by atoms with E-state index >= 15 is 0 Å². The van der Waals surface area contributed by atoms with Crippen LogP contribution >= 0.6 is 11.6 Å². The average Bonchev–Trinajstić information content (AvgIpc) is 2.82. The van der Waals surface area contributed by atoms with Crippen LogP contribution in [-0.4, -0.2) is 29.8 Å². The van der Waals surface area contributed by atoms with Gasteiger partial charge in [0.05, 0.1) is 6.42 Å². The molecule has 2 rings (SSSR count). The van der Waals surface area contributed by atoms with Crippen molar-refractivity contribution in [1.82, 2.24) is 4.90 Å². The number of carbonyl (C=O) groups excluding carboxylic acids is 1. The second-order valence-electron chi connectivity index (χ2n) is 4.57. The first-order valence-electron chi connectivity index (χ1n) is 5.88. The summed E-state index contributed by atoms with van der Waals surface area (Å²) >= 11 is 5.75. The molecule has 0 saturated carbocycles. The first kappa shape index (κ1) is 13.3. The summed E-state index contributed by atoms with van der Waals surface area (Å²) in [7, 11) is 0.